The second kappa shape index (κ2) is 6.62. The minimum absolute atomic E-state index is 0.0343. The summed E-state index contributed by atoms with van der Waals surface area (Å²) < 4.78 is 5.81. The molecule has 0 aromatic heterocycles. The van der Waals surface area contributed by atoms with Gasteiger partial charge in [0, 0.05) is 18.6 Å². The molecule has 0 aliphatic carbocycles. The predicted molar refractivity (Wildman–Crippen MR) is 86.5 cm³/mol. The van der Waals surface area contributed by atoms with Gasteiger partial charge in [0.2, 0.25) is 5.91 Å². The minimum Gasteiger partial charge on any atom is -0.456 e. The quantitative estimate of drug-likeness (QED) is 0.929. The van der Waals surface area contributed by atoms with Crippen LogP contribution in [-0.2, 0) is 11.2 Å². The summed E-state index contributed by atoms with van der Waals surface area (Å²) in [7, 11) is 0. The Bertz CT molecular complexity index is 714. The number of hydrogen-bond donors (Lipinski definition) is 1. The highest BCUT2D eigenvalue weighted by Crippen LogP contribution is 2.30. The van der Waals surface area contributed by atoms with E-state index in [2.05, 4.69) is 10.5 Å². The highest BCUT2D eigenvalue weighted by Gasteiger charge is 2.13. The first kappa shape index (κ1) is 14.6. The van der Waals surface area contributed by atoms with Crippen LogP contribution >= 0.6 is 11.6 Å². The van der Waals surface area contributed by atoms with Crippen LogP contribution in [0.3, 0.4) is 0 Å². The van der Waals surface area contributed by atoms with Crippen LogP contribution in [0.25, 0.3) is 0 Å². The number of rotatable bonds is 4. The molecule has 2 aromatic rings. The fraction of sp³-hybridized carbons (Fsp3) is 0.176. The Hall–Kier alpha value is -2.33. The van der Waals surface area contributed by atoms with Gasteiger partial charge in [-0.15, -0.1) is 0 Å². The van der Waals surface area contributed by atoms with Crippen LogP contribution in [0.5, 0.6) is 11.5 Å². The highest BCUT2D eigenvalue weighted by atomic mass is 35.5. The first-order valence-electron chi connectivity index (χ1n) is 7.06. The third-order valence-electron chi connectivity index (χ3n) is 3.35. The number of hydrogen-bond acceptors (Lipinski definition) is 3. The highest BCUT2D eigenvalue weighted by molar-refractivity contribution is 6.32. The molecule has 0 spiro atoms. The van der Waals surface area contributed by atoms with Gasteiger partial charge >= 0.3 is 0 Å². The predicted octanol–water partition coefficient (Wildman–Crippen LogP) is 3.94. The third kappa shape index (κ3) is 3.65. The molecule has 5 heteroatoms. The van der Waals surface area contributed by atoms with Crippen molar-refractivity contribution < 1.29 is 9.53 Å². The Morgan fingerprint density at radius 2 is 1.95 bits per heavy atom. The average Bonchev–Trinajstić information content (AvgIpc) is 2.54. The zero-order valence-electron chi connectivity index (χ0n) is 11.9. The lowest BCUT2D eigenvalue weighted by Crippen LogP contribution is -2.26. The molecule has 3 rings (SSSR count). The SMILES string of the molecule is O=C1CCC(Cc2ccc(Cl)c(Oc3ccccc3)c2)=NN1. The zero-order chi connectivity index (χ0) is 15.4. The number of carbonyl (C=O) groups excluding carboxylic acids is 1. The van der Waals surface area contributed by atoms with Crippen molar-refractivity contribution in [1.29, 1.82) is 0 Å². The van der Waals surface area contributed by atoms with Gasteiger partial charge in [-0.05, 0) is 36.2 Å². The van der Waals surface area contributed by atoms with Gasteiger partial charge in [0.1, 0.15) is 11.5 Å². The molecule has 0 saturated carbocycles. The van der Waals surface area contributed by atoms with Crippen molar-refractivity contribution in [2.24, 2.45) is 5.10 Å². The van der Waals surface area contributed by atoms with Gasteiger partial charge in [0.15, 0.2) is 0 Å². The van der Waals surface area contributed by atoms with Gasteiger partial charge in [0.05, 0.1) is 5.02 Å². The fourth-order valence-electron chi connectivity index (χ4n) is 2.23. The molecule has 1 amide bonds. The number of para-hydroxylation sites is 1. The molecule has 22 heavy (non-hydrogen) atoms. The van der Waals surface area contributed by atoms with Gasteiger partial charge in [-0.1, -0.05) is 35.9 Å². The summed E-state index contributed by atoms with van der Waals surface area (Å²) in [6, 6.07) is 15.2. The Kier molecular flexibility index (Phi) is 4.39. The van der Waals surface area contributed by atoms with E-state index in [1.54, 1.807) is 0 Å². The van der Waals surface area contributed by atoms with Crippen LogP contribution in [-0.4, -0.2) is 11.6 Å². The molecule has 0 atom stereocenters. The fourth-order valence-corrected chi connectivity index (χ4v) is 2.38. The normalized spacial score (nSPS) is 14.2. The molecular weight excluding hydrogens is 300 g/mol. The van der Waals surface area contributed by atoms with E-state index >= 15 is 0 Å². The number of benzene rings is 2. The van der Waals surface area contributed by atoms with E-state index in [1.165, 1.54) is 0 Å². The van der Waals surface area contributed by atoms with E-state index in [-0.39, 0.29) is 5.91 Å². The van der Waals surface area contributed by atoms with Crippen molar-refractivity contribution in [2.45, 2.75) is 19.3 Å². The topological polar surface area (TPSA) is 50.7 Å². The number of nitrogens with one attached hydrogen (secondary N) is 1. The number of hydrazone groups is 1. The molecule has 0 bridgehead atoms. The van der Waals surface area contributed by atoms with Gasteiger partial charge < -0.3 is 4.74 Å². The lowest BCUT2D eigenvalue weighted by molar-refractivity contribution is -0.121. The second-order valence-electron chi connectivity index (χ2n) is 5.07. The van der Waals surface area contributed by atoms with E-state index in [4.69, 9.17) is 16.3 Å². The van der Waals surface area contributed by atoms with E-state index in [0.717, 1.165) is 17.0 Å². The lowest BCUT2D eigenvalue weighted by Gasteiger charge is -2.13. The molecular formula is C17H15ClN2O2. The average molecular weight is 315 g/mol. The monoisotopic (exact) mass is 314 g/mol. The van der Waals surface area contributed by atoms with Crippen LogP contribution < -0.4 is 10.2 Å². The molecule has 4 nitrogen and oxygen atoms in total. The summed E-state index contributed by atoms with van der Waals surface area (Å²) in [6.07, 6.45) is 1.84. The second-order valence-corrected chi connectivity index (χ2v) is 5.48. The minimum atomic E-state index is -0.0343. The van der Waals surface area contributed by atoms with E-state index in [0.29, 0.717) is 30.0 Å². The van der Waals surface area contributed by atoms with Crippen LogP contribution in [0.2, 0.25) is 5.02 Å². The van der Waals surface area contributed by atoms with Crippen molar-refractivity contribution in [2.75, 3.05) is 0 Å². The van der Waals surface area contributed by atoms with Crippen molar-refractivity contribution in [3.63, 3.8) is 0 Å². The zero-order valence-corrected chi connectivity index (χ0v) is 12.6. The Labute approximate surface area is 133 Å². The van der Waals surface area contributed by atoms with Crippen molar-refractivity contribution in [1.82, 2.24) is 5.43 Å². The number of ether oxygens (including phenoxy) is 1. The molecule has 1 N–H and O–H groups in total. The molecule has 0 unspecified atom stereocenters. The summed E-state index contributed by atoms with van der Waals surface area (Å²) in [4.78, 5) is 11.1. The Morgan fingerprint density at radius 3 is 2.68 bits per heavy atom. The van der Waals surface area contributed by atoms with Gasteiger partial charge in [-0.2, -0.15) is 5.10 Å². The maximum Gasteiger partial charge on any atom is 0.240 e. The largest absolute Gasteiger partial charge is 0.456 e. The van der Waals surface area contributed by atoms with Gasteiger partial charge in [-0.3, -0.25) is 4.79 Å². The number of carbonyl (C=O) groups is 1. The first-order chi connectivity index (χ1) is 10.7. The van der Waals surface area contributed by atoms with Crippen LogP contribution in [0.1, 0.15) is 18.4 Å². The molecule has 1 aliphatic heterocycles. The first-order valence-corrected chi connectivity index (χ1v) is 7.44. The number of halogens is 1. The van der Waals surface area contributed by atoms with E-state index in [9.17, 15) is 4.79 Å². The molecule has 0 radical (unpaired) electrons. The Balaban J connectivity index is 1.76. The smallest absolute Gasteiger partial charge is 0.240 e. The maximum absolute atomic E-state index is 11.1. The number of nitrogens with zero attached hydrogens (tertiary/aromatic N) is 1. The van der Waals surface area contributed by atoms with Crippen LogP contribution in [0.4, 0.5) is 0 Å². The summed E-state index contributed by atoms with van der Waals surface area (Å²) in [5.41, 5.74) is 4.51. The lowest BCUT2D eigenvalue weighted by atomic mass is 10.0. The summed E-state index contributed by atoms with van der Waals surface area (Å²) >= 11 is 6.20. The van der Waals surface area contributed by atoms with Crippen LogP contribution in [0.15, 0.2) is 53.6 Å². The van der Waals surface area contributed by atoms with Crippen molar-refractivity contribution in [3.8, 4) is 11.5 Å². The van der Waals surface area contributed by atoms with Crippen LogP contribution in [0, 0.1) is 0 Å². The molecule has 1 heterocycles. The summed E-state index contributed by atoms with van der Waals surface area (Å²) in [6.45, 7) is 0. The van der Waals surface area contributed by atoms with E-state index < -0.39 is 0 Å². The van der Waals surface area contributed by atoms with E-state index in [1.807, 2.05) is 48.5 Å². The van der Waals surface area contributed by atoms with Crippen molar-refractivity contribution >= 4 is 23.2 Å². The number of amides is 1. The van der Waals surface area contributed by atoms with Gasteiger partial charge in [0.25, 0.3) is 0 Å². The molecule has 0 saturated heterocycles. The van der Waals surface area contributed by atoms with Gasteiger partial charge in [-0.25, -0.2) is 5.43 Å². The summed E-state index contributed by atoms with van der Waals surface area (Å²) in [5, 5.41) is 4.65. The Morgan fingerprint density at radius 1 is 1.14 bits per heavy atom. The molecule has 0 fully saturated rings. The maximum atomic E-state index is 11.1. The molecule has 112 valence electrons. The third-order valence-corrected chi connectivity index (χ3v) is 3.67. The van der Waals surface area contributed by atoms with Crippen molar-refractivity contribution in [3.05, 3.63) is 59.1 Å². The standard InChI is InChI=1S/C17H15ClN2O2/c18-15-8-6-12(10-13-7-9-17(21)20-19-13)11-16(15)22-14-4-2-1-3-5-14/h1-6,8,11H,7,9-10H2,(H,20,21). The molecule has 2 aromatic carbocycles. The summed E-state index contributed by atoms with van der Waals surface area (Å²) in [5.74, 6) is 1.32. The molecule has 1 aliphatic rings.